The Balaban J connectivity index is 3.74. The van der Waals surface area contributed by atoms with Crippen molar-refractivity contribution in [1.82, 2.24) is 0 Å². The molecule has 1 aromatic heterocycles. The van der Waals surface area contributed by atoms with Crippen molar-refractivity contribution in [2.45, 2.75) is 19.1 Å². The normalized spacial score (nSPS) is 14.2. The molecule has 0 aliphatic carbocycles. The molecule has 1 heterocycles. The number of amides is 1. The number of guanidine groups is 1. The van der Waals surface area contributed by atoms with Gasteiger partial charge in [-0.05, 0) is 0 Å². The number of rotatable bonds is 5. The lowest BCUT2D eigenvalue weighted by atomic mass is 10.1. The van der Waals surface area contributed by atoms with Crippen LogP contribution in [-0.2, 0) is 4.79 Å². The Labute approximate surface area is 129 Å². The van der Waals surface area contributed by atoms with Gasteiger partial charge in [-0.3, -0.25) is 15.9 Å². The minimum Gasteiger partial charge on any atom is -0.475 e. The van der Waals surface area contributed by atoms with Crippen LogP contribution in [-0.4, -0.2) is 51.0 Å². The van der Waals surface area contributed by atoms with Crippen molar-refractivity contribution in [2.75, 3.05) is 11.9 Å². The SMILES string of the molecule is CC(=O)Nc1c([C@H](O)[C@H](O)CO)oc(C(=O)O)c/c1=N/C(N)=[NH2+]. The van der Waals surface area contributed by atoms with Crippen LogP contribution >= 0.6 is 0 Å². The molecule has 11 heteroatoms. The van der Waals surface area contributed by atoms with Crippen molar-refractivity contribution < 1.29 is 39.8 Å². The maximum absolute atomic E-state index is 11.3. The van der Waals surface area contributed by atoms with Crippen LogP contribution in [0.1, 0.15) is 29.3 Å². The van der Waals surface area contributed by atoms with Crippen LogP contribution in [0.4, 0.5) is 5.69 Å². The number of carboxylic acid groups (broad SMARTS) is 1. The zero-order valence-corrected chi connectivity index (χ0v) is 12.1. The summed E-state index contributed by atoms with van der Waals surface area (Å²) in [4.78, 5) is 26.1. The summed E-state index contributed by atoms with van der Waals surface area (Å²) in [5.41, 5.74) is 5.01. The molecule has 0 fully saturated rings. The van der Waals surface area contributed by atoms with Gasteiger partial charge in [-0.1, -0.05) is 4.99 Å². The third kappa shape index (κ3) is 4.60. The van der Waals surface area contributed by atoms with Crippen molar-refractivity contribution in [2.24, 2.45) is 10.7 Å². The van der Waals surface area contributed by atoms with E-state index in [1.165, 1.54) is 0 Å². The van der Waals surface area contributed by atoms with Gasteiger partial charge in [0.25, 0.3) is 0 Å². The molecule has 1 rings (SSSR count). The van der Waals surface area contributed by atoms with Gasteiger partial charge in [0.05, 0.1) is 6.61 Å². The number of hydrogen-bond acceptors (Lipinski definition) is 6. The zero-order chi connectivity index (χ0) is 17.7. The van der Waals surface area contributed by atoms with Crippen LogP contribution in [0.2, 0.25) is 0 Å². The second-order valence-electron chi connectivity index (χ2n) is 4.45. The number of aliphatic hydroxyl groups is 3. The van der Waals surface area contributed by atoms with Gasteiger partial charge in [-0.15, -0.1) is 0 Å². The largest absolute Gasteiger partial charge is 0.475 e. The summed E-state index contributed by atoms with van der Waals surface area (Å²) in [7, 11) is 0. The maximum Gasteiger partial charge on any atom is 0.380 e. The molecule has 11 nitrogen and oxygen atoms in total. The first kappa shape index (κ1) is 18.3. The number of nitrogens with zero attached hydrogens (tertiary/aromatic N) is 1. The topological polar surface area (TPSA) is 204 Å². The second-order valence-corrected chi connectivity index (χ2v) is 4.45. The molecular formula is C12H17N4O7+. The molecule has 126 valence electrons. The number of nitrogens with one attached hydrogen (secondary N) is 1. The lowest BCUT2D eigenvalue weighted by molar-refractivity contribution is -0.117. The van der Waals surface area contributed by atoms with E-state index in [0.29, 0.717) is 0 Å². The fourth-order valence-electron chi connectivity index (χ4n) is 1.64. The van der Waals surface area contributed by atoms with Crippen molar-refractivity contribution in [3.8, 4) is 0 Å². The van der Waals surface area contributed by atoms with Crippen LogP contribution in [0.3, 0.4) is 0 Å². The van der Waals surface area contributed by atoms with Crippen LogP contribution < -0.4 is 21.8 Å². The van der Waals surface area contributed by atoms with E-state index in [1.54, 1.807) is 0 Å². The summed E-state index contributed by atoms with van der Waals surface area (Å²) < 4.78 is 4.99. The van der Waals surface area contributed by atoms with Crippen molar-refractivity contribution in [3.05, 3.63) is 22.9 Å². The Hall–Kier alpha value is -2.76. The highest BCUT2D eigenvalue weighted by Crippen LogP contribution is 2.24. The monoisotopic (exact) mass is 329 g/mol. The third-order valence-corrected chi connectivity index (χ3v) is 2.57. The van der Waals surface area contributed by atoms with E-state index in [0.717, 1.165) is 13.0 Å². The van der Waals surface area contributed by atoms with Gasteiger partial charge in [-0.2, -0.15) is 0 Å². The second kappa shape index (κ2) is 7.49. The molecule has 23 heavy (non-hydrogen) atoms. The quantitative estimate of drug-likeness (QED) is 0.211. The first-order valence-corrected chi connectivity index (χ1v) is 6.25. The Kier molecular flexibility index (Phi) is 5.95. The fraction of sp³-hybridized carbons (Fsp3) is 0.333. The highest BCUT2D eigenvalue weighted by Gasteiger charge is 2.28. The molecular weight excluding hydrogens is 312 g/mol. The van der Waals surface area contributed by atoms with Gasteiger partial charge in [0.2, 0.25) is 11.7 Å². The molecule has 2 atom stereocenters. The fourth-order valence-corrected chi connectivity index (χ4v) is 1.64. The van der Waals surface area contributed by atoms with E-state index in [-0.39, 0.29) is 11.0 Å². The molecule has 0 aromatic carbocycles. The van der Waals surface area contributed by atoms with Crippen LogP contribution in [0.25, 0.3) is 0 Å². The molecule has 1 aromatic rings. The standard InChI is InChI=1S/C12H16N4O7/c1-4(18)15-8-5(16-12(13)14)2-7(11(21)22)23-10(8)9(20)6(19)3-17/h2,6,9,17,19-20H,3H2,1H3,(H3,13,14)(H,15,18)(H,21,22)/p+1/b16-5-/t6-,9-/m1/s1. The predicted molar refractivity (Wildman–Crippen MR) is 74.7 cm³/mol. The predicted octanol–water partition coefficient (Wildman–Crippen LogP) is -3.70. The summed E-state index contributed by atoms with van der Waals surface area (Å²) in [5.74, 6) is -3.72. The maximum atomic E-state index is 11.3. The number of hydrogen-bond donors (Lipinski definition) is 7. The molecule has 0 aliphatic heterocycles. The lowest BCUT2D eigenvalue weighted by Gasteiger charge is -2.18. The number of nitrogens with two attached hydrogens (primary N) is 2. The summed E-state index contributed by atoms with van der Waals surface area (Å²) >= 11 is 0. The van der Waals surface area contributed by atoms with Gasteiger partial charge >= 0.3 is 11.9 Å². The smallest absolute Gasteiger partial charge is 0.380 e. The number of aromatic carboxylic acids is 1. The molecule has 0 unspecified atom stereocenters. The molecule has 0 saturated carbocycles. The Bertz CT molecular complexity index is 697. The first-order valence-electron chi connectivity index (χ1n) is 6.25. The minimum absolute atomic E-state index is 0.206. The van der Waals surface area contributed by atoms with Gasteiger partial charge in [-0.25, -0.2) is 4.79 Å². The minimum atomic E-state index is -1.84. The first-order chi connectivity index (χ1) is 10.7. The van der Waals surface area contributed by atoms with E-state index >= 15 is 0 Å². The van der Waals surface area contributed by atoms with Gasteiger partial charge < -0.3 is 30.2 Å². The summed E-state index contributed by atoms with van der Waals surface area (Å²) in [5, 5.41) is 44.8. The number of carbonyl (C=O) groups excluding carboxylic acids is 1. The summed E-state index contributed by atoms with van der Waals surface area (Å²) in [6.45, 7) is 0.300. The Morgan fingerprint density at radius 2 is 2.09 bits per heavy atom. The highest BCUT2D eigenvalue weighted by atomic mass is 16.4. The number of anilines is 1. The number of carbonyl (C=O) groups is 2. The van der Waals surface area contributed by atoms with E-state index in [2.05, 4.69) is 10.3 Å². The van der Waals surface area contributed by atoms with E-state index < -0.39 is 48.2 Å². The summed E-state index contributed by atoms with van der Waals surface area (Å²) in [6.07, 6.45) is -3.53. The number of carboxylic acids is 1. The lowest BCUT2D eigenvalue weighted by Crippen LogP contribution is -2.45. The van der Waals surface area contributed by atoms with Crippen LogP contribution in [0.15, 0.2) is 15.5 Å². The zero-order valence-electron chi connectivity index (χ0n) is 12.1. The Morgan fingerprint density at radius 1 is 1.48 bits per heavy atom. The van der Waals surface area contributed by atoms with E-state index in [1.807, 2.05) is 0 Å². The van der Waals surface area contributed by atoms with Crippen molar-refractivity contribution >= 4 is 23.5 Å². The molecule has 0 bridgehead atoms. The van der Waals surface area contributed by atoms with Gasteiger partial charge in [0, 0.05) is 13.0 Å². The molecule has 9 N–H and O–H groups in total. The van der Waals surface area contributed by atoms with Crippen LogP contribution in [0, 0.1) is 0 Å². The third-order valence-electron chi connectivity index (χ3n) is 2.57. The molecule has 0 radical (unpaired) electrons. The average Bonchev–Trinajstić information content (AvgIpc) is 2.45. The molecule has 0 aliphatic rings. The van der Waals surface area contributed by atoms with E-state index in [4.69, 9.17) is 25.8 Å². The van der Waals surface area contributed by atoms with Gasteiger partial charge in [0.1, 0.15) is 17.9 Å². The van der Waals surface area contributed by atoms with E-state index in [9.17, 15) is 19.8 Å². The summed E-state index contributed by atoms with van der Waals surface area (Å²) in [6, 6.07) is 0.925. The highest BCUT2D eigenvalue weighted by molar-refractivity contribution is 5.90. The molecule has 0 spiro atoms. The van der Waals surface area contributed by atoms with Crippen molar-refractivity contribution in [1.29, 1.82) is 0 Å². The van der Waals surface area contributed by atoms with Crippen LogP contribution in [0.5, 0.6) is 0 Å². The average molecular weight is 329 g/mol. The molecule has 0 saturated heterocycles. The number of aliphatic hydroxyl groups excluding tert-OH is 3. The van der Waals surface area contributed by atoms with Crippen molar-refractivity contribution in [3.63, 3.8) is 0 Å². The molecule has 1 amide bonds. The Morgan fingerprint density at radius 3 is 2.52 bits per heavy atom. The van der Waals surface area contributed by atoms with Gasteiger partial charge in [0.15, 0.2) is 11.1 Å².